The van der Waals surface area contributed by atoms with Crippen molar-refractivity contribution in [3.8, 4) is 17.2 Å². The van der Waals surface area contributed by atoms with Crippen LogP contribution in [0.5, 0.6) is 17.2 Å². The van der Waals surface area contributed by atoms with E-state index in [-0.39, 0.29) is 19.1 Å². The summed E-state index contributed by atoms with van der Waals surface area (Å²) in [4.78, 5) is 17.6. The van der Waals surface area contributed by atoms with E-state index in [0.717, 1.165) is 16.8 Å². The van der Waals surface area contributed by atoms with E-state index < -0.39 is 0 Å². The number of carbonyl (C=O) groups is 1. The zero-order valence-electron chi connectivity index (χ0n) is 17.7. The number of nitrogens with zero attached hydrogens (tertiary/aromatic N) is 2. The van der Waals surface area contributed by atoms with Gasteiger partial charge in [0.1, 0.15) is 36.2 Å². The van der Waals surface area contributed by atoms with E-state index in [4.69, 9.17) is 25.8 Å². The third kappa shape index (κ3) is 4.63. The first-order valence-electron chi connectivity index (χ1n) is 9.92. The quantitative estimate of drug-likeness (QED) is 0.411. The van der Waals surface area contributed by atoms with Crippen molar-refractivity contribution < 1.29 is 19.0 Å². The van der Waals surface area contributed by atoms with Crippen LogP contribution in [0.15, 0.2) is 66.7 Å². The Morgan fingerprint density at radius 3 is 2.47 bits per heavy atom. The minimum atomic E-state index is -0.253. The number of nitrogens with one attached hydrogen (secondary N) is 1. The number of hydrogen-bond donors (Lipinski definition) is 1. The van der Waals surface area contributed by atoms with Crippen molar-refractivity contribution in [2.24, 2.45) is 0 Å². The molecule has 0 aliphatic rings. The van der Waals surface area contributed by atoms with Gasteiger partial charge in [-0.15, -0.1) is 0 Å². The van der Waals surface area contributed by atoms with Crippen LogP contribution in [0.25, 0.3) is 11.0 Å². The maximum absolute atomic E-state index is 13.0. The molecular weight excluding hydrogens is 430 g/mol. The Labute approximate surface area is 190 Å². The van der Waals surface area contributed by atoms with Crippen molar-refractivity contribution in [3.05, 3.63) is 77.6 Å². The average molecular weight is 452 g/mol. The van der Waals surface area contributed by atoms with Gasteiger partial charge in [-0.1, -0.05) is 41.9 Å². The molecule has 0 atom stereocenters. The number of halogens is 1. The van der Waals surface area contributed by atoms with Gasteiger partial charge >= 0.3 is 0 Å². The molecule has 0 saturated heterocycles. The second-order valence-electron chi connectivity index (χ2n) is 6.94. The molecule has 0 fully saturated rings. The van der Waals surface area contributed by atoms with Crippen LogP contribution in [-0.4, -0.2) is 29.7 Å². The molecule has 4 aromatic rings. The lowest BCUT2D eigenvalue weighted by Crippen LogP contribution is -2.21. The standard InChI is InChI=1S/C24H22ClN3O4/c1-30-21-13-19(22(31-2)12-17(21)25)27-24(29)14-28-20-11-7-6-10-18(20)26-23(28)15-32-16-8-4-3-5-9-16/h3-13H,14-15H2,1-2H3,(H,27,29). The summed E-state index contributed by atoms with van der Waals surface area (Å²) in [5.41, 5.74) is 2.10. The van der Waals surface area contributed by atoms with Crippen LogP contribution in [0.1, 0.15) is 5.82 Å². The van der Waals surface area contributed by atoms with Crippen molar-refractivity contribution >= 4 is 34.2 Å². The number of aromatic nitrogens is 2. The molecule has 32 heavy (non-hydrogen) atoms. The molecule has 0 aliphatic carbocycles. The van der Waals surface area contributed by atoms with E-state index in [1.54, 1.807) is 12.1 Å². The van der Waals surface area contributed by atoms with Gasteiger partial charge in [0.15, 0.2) is 0 Å². The topological polar surface area (TPSA) is 74.6 Å². The van der Waals surface area contributed by atoms with Gasteiger partial charge in [-0.3, -0.25) is 4.79 Å². The Hall–Kier alpha value is -3.71. The van der Waals surface area contributed by atoms with E-state index in [9.17, 15) is 4.79 Å². The van der Waals surface area contributed by atoms with E-state index in [1.807, 2.05) is 59.2 Å². The summed E-state index contributed by atoms with van der Waals surface area (Å²) in [5, 5.41) is 3.27. The molecule has 7 nitrogen and oxygen atoms in total. The maximum atomic E-state index is 13.0. The Balaban J connectivity index is 1.59. The fourth-order valence-corrected chi connectivity index (χ4v) is 3.60. The number of ether oxygens (including phenoxy) is 3. The van der Waals surface area contributed by atoms with Crippen LogP contribution in [0.2, 0.25) is 5.02 Å². The van der Waals surface area contributed by atoms with Gasteiger partial charge in [-0.2, -0.15) is 0 Å². The van der Waals surface area contributed by atoms with Crippen molar-refractivity contribution in [1.82, 2.24) is 9.55 Å². The number of methoxy groups -OCH3 is 2. The van der Waals surface area contributed by atoms with Crippen LogP contribution in [0.4, 0.5) is 5.69 Å². The summed E-state index contributed by atoms with van der Waals surface area (Å²) in [6, 6.07) is 20.4. The number of benzene rings is 3. The summed E-state index contributed by atoms with van der Waals surface area (Å²) in [5.74, 6) is 2.00. The van der Waals surface area contributed by atoms with Crippen LogP contribution in [0, 0.1) is 0 Å². The Morgan fingerprint density at radius 2 is 1.72 bits per heavy atom. The summed E-state index contributed by atoms with van der Waals surface area (Å²) < 4.78 is 18.3. The van der Waals surface area contributed by atoms with Gasteiger partial charge in [0.25, 0.3) is 0 Å². The van der Waals surface area contributed by atoms with E-state index in [0.29, 0.717) is 28.0 Å². The summed E-state index contributed by atoms with van der Waals surface area (Å²) >= 11 is 6.16. The van der Waals surface area contributed by atoms with Crippen LogP contribution >= 0.6 is 11.6 Å². The average Bonchev–Trinajstić information content (AvgIpc) is 3.16. The number of hydrogen-bond acceptors (Lipinski definition) is 5. The van der Waals surface area contributed by atoms with Gasteiger partial charge < -0.3 is 24.1 Å². The predicted molar refractivity (Wildman–Crippen MR) is 124 cm³/mol. The third-order valence-electron chi connectivity index (χ3n) is 4.89. The van der Waals surface area contributed by atoms with E-state index in [2.05, 4.69) is 10.3 Å². The molecule has 1 amide bonds. The highest BCUT2D eigenvalue weighted by Gasteiger charge is 2.17. The first-order chi connectivity index (χ1) is 15.6. The number of para-hydroxylation sites is 3. The number of carbonyl (C=O) groups excluding carboxylic acids is 1. The third-order valence-corrected chi connectivity index (χ3v) is 5.19. The predicted octanol–water partition coefficient (Wildman–Crippen LogP) is 4.92. The Bertz CT molecular complexity index is 1240. The Morgan fingerprint density at radius 1 is 1.00 bits per heavy atom. The fraction of sp³-hybridized carbons (Fsp3) is 0.167. The highest BCUT2D eigenvalue weighted by atomic mass is 35.5. The number of imidazole rings is 1. The minimum Gasteiger partial charge on any atom is -0.495 e. The zero-order chi connectivity index (χ0) is 22.5. The minimum absolute atomic E-state index is 0.0437. The molecule has 1 heterocycles. The number of fused-ring (bicyclic) bond motifs is 1. The van der Waals surface area contributed by atoms with Gasteiger partial charge in [-0.25, -0.2) is 4.98 Å². The first-order valence-corrected chi connectivity index (χ1v) is 10.3. The van der Waals surface area contributed by atoms with Crippen molar-refractivity contribution in [2.75, 3.05) is 19.5 Å². The lowest BCUT2D eigenvalue weighted by atomic mass is 10.2. The van der Waals surface area contributed by atoms with E-state index >= 15 is 0 Å². The molecule has 1 aromatic heterocycles. The molecule has 0 saturated carbocycles. The molecule has 164 valence electrons. The second kappa shape index (κ2) is 9.62. The van der Waals surface area contributed by atoms with Crippen molar-refractivity contribution in [2.45, 2.75) is 13.2 Å². The molecule has 8 heteroatoms. The lowest BCUT2D eigenvalue weighted by Gasteiger charge is -2.14. The fourth-order valence-electron chi connectivity index (χ4n) is 3.37. The zero-order valence-corrected chi connectivity index (χ0v) is 18.4. The maximum Gasteiger partial charge on any atom is 0.244 e. The lowest BCUT2D eigenvalue weighted by molar-refractivity contribution is -0.116. The number of anilines is 1. The summed E-state index contributed by atoms with van der Waals surface area (Å²) in [6.45, 7) is 0.270. The Kier molecular flexibility index (Phi) is 6.47. The van der Waals surface area contributed by atoms with Gasteiger partial charge in [0.2, 0.25) is 5.91 Å². The molecule has 1 N–H and O–H groups in total. The monoisotopic (exact) mass is 451 g/mol. The van der Waals surface area contributed by atoms with E-state index in [1.165, 1.54) is 14.2 Å². The summed E-state index contributed by atoms with van der Waals surface area (Å²) in [6.07, 6.45) is 0. The number of amides is 1. The molecular formula is C24H22ClN3O4. The first kappa shape index (κ1) is 21.5. The highest BCUT2D eigenvalue weighted by Crippen LogP contribution is 2.36. The van der Waals surface area contributed by atoms with Gasteiger partial charge in [-0.05, 0) is 24.3 Å². The molecule has 0 radical (unpaired) electrons. The van der Waals surface area contributed by atoms with Crippen LogP contribution < -0.4 is 19.5 Å². The van der Waals surface area contributed by atoms with Crippen molar-refractivity contribution in [3.63, 3.8) is 0 Å². The molecule has 0 aliphatic heterocycles. The van der Waals surface area contributed by atoms with Gasteiger partial charge in [0.05, 0.1) is 36.0 Å². The SMILES string of the molecule is COc1cc(NC(=O)Cn2c(COc3ccccc3)nc3ccccc32)c(OC)cc1Cl. The molecule has 3 aromatic carbocycles. The van der Waals surface area contributed by atoms with Crippen molar-refractivity contribution in [1.29, 1.82) is 0 Å². The largest absolute Gasteiger partial charge is 0.495 e. The second-order valence-corrected chi connectivity index (χ2v) is 7.35. The summed E-state index contributed by atoms with van der Waals surface area (Å²) in [7, 11) is 3.02. The molecule has 4 rings (SSSR count). The highest BCUT2D eigenvalue weighted by molar-refractivity contribution is 6.32. The number of rotatable bonds is 8. The van der Waals surface area contributed by atoms with Crippen LogP contribution in [0.3, 0.4) is 0 Å². The normalized spacial score (nSPS) is 10.7. The van der Waals surface area contributed by atoms with Crippen LogP contribution in [-0.2, 0) is 17.9 Å². The smallest absolute Gasteiger partial charge is 0.244 e. The molecule has 0 unspecified atom stereocenters. The molecule has 0 spiro atoms. The van der Waals surface area contributed by atoms with Gasteiger partial charge in [0, 0.05) is 12.1 Å². The molecule has 0 bridgehead atoms.